The van der Waals surface area contributed by atoms with E-state index in [2.05, 4.69) is 49.9 Å². The molecule has 1 aliphatic heterocycles. The molecule has 2 aromatic rings. The predicted octanol–water partition coefficient (Wildman–Crippen LogP) is 5.49. The van der Waals surface area contributed by atoms with Crippen LogP contribution in [0.25, 0.3) is 11.1 Å². The van der Waals surface area contributed by atoms with Crippen LogP contribution in [0.5, 0.6) is 5.75 Å². The number of hydrogen-bond acceptors (Lipinski definition) is 1. The summed E-state index contributed by atoms with van der Waals surface area (Å²) in [5, 5.41) is 10.2. The molecule has 0 atom stereocenters. The van der Waals surface area contributed by atoms with Gasteiger partial charge in [0, 0.05) is 12.0 Å². The van der Waals surface area contributed by atoms with Gasteiger partial charge in [0.05, 0.1) is 26.2 Å². The van der Waals surface area contributed by atoms with Crippen molar-refractivity contribution in [3.63, 3.8) is 0 Å². The summed E-state index contributed by atoms with van der Waals surface area (Å²) in [6.45, 7) is 11.0. The van der Waals surface area contributed by atoms with Crippen molar-refractivity contribution in [2.75, 3.05) is 26.2 Å². The van der Waals surface area contributed by atoms with E-state index >= 15 is 0 Å². The zero-order valence-corrected chi connectivity index (χ0v) is 16.1. The number of hydrogen-bond donors (Lipinski definition) is 1. The number of nitrogens with zero attached hydrogens (tertiary/aromatic N) is 1. The number of quaternary nitrogens is 1. The van der Waals surface area contributed by atoms with Crippen LogP contribution >= 0.6 is 0 Å². The lowest BCUT2D eigenvalue weighted by molar-refractivity contribution is -0.927. The van der Waals surface area contributed by atoms with Crippen molar-refractivity contribution in [3.05, 3.63) is 66.2 Å². The lowest BCUT2D eigenvalue weighted by Crippen LogP contribution is -2.52. The Bertz CT molecular complexity index is 744. The number of rotatable bonds is 7. The number of aryl methyl sites for hydroxylation is 2. The number of piperidine rings is 1. The van der Waals surface area contributed by atoms with Crippen LogP contribution in [0.4, 0.5) is 0 Å². The van der Waals surface area contributed by atoms with Gasteiger partial charge in [0.1, 0.15) is 5.75 Å². The lowest BCUT2D eigenvalue weighted by Gasteiger charge is -2.41. The van der Waals surface area contributed by atoms with Crippen molar-refractivity contribution in [2.45, 2.75) is 39.0 Å². The van der Waals surface area contributed by atoms with Crippen LogP contribution in [0.2, 0.25) is 0 Å². The third-order valence-electron chi connectivity index (χ3n) is 5.77. The van der Waals surface area contributed by atoms with E-state index in [9.17, 15) is 5.11 Å². The van der Waals surface area contributed by atoms with Gasteiger partial charge in [0.25, 0.3) is 0 Å². The molecule has 1 heterocycles. The van der Waals surface area contributed by atoms with Crippen molar-refractivity contribution in [3.8, 4) is 16.9 Å². The van der Waals surface area contributed by atoms with Gasteiger partial charge in [0.15, 0.2) is 0 Å². The number of phenolic OH excluding ortho intramolecular Hbond substituents is 1. The third kappa shape index (κ3) is 4.56. The first-order valence-electron chi connectivity index (χ1n) is 9.97. The Labute approximate surface area is 158 Å². The summed E-state index contributed by atoms with van der Waals surface area (Å²) in [6, 6.07) is 14.5. The zero-order chi connectivity index (χ0) is 18.4. The van der Waals surface area contributed by atoms with Crippen molar-refractivity contribution in [1.82, 2.24) is 0 Å². The smallest absolute Gasteiger partial charge is 0.123 e. The minimum Gasteiger partial charge on any atom is -0.507 e. The molecule has 0 spiro atoms. The molecule has 0 radical (unpaired) electrons. The highest BCUT2D eigenvalue weighted by atomic mass is 16.3. The molecule has 26 heavy (non-hydrogen) atoms. The van der Waals surface area contributed by atoms with Gasteiger partial charge in [-0.05, 0) is 61.9 Å². The molecule has 1 fully saturated rings. The van der Waals surface area contributed by atoms with Gasteiger partial charge in [0.2, 0.25) is 0 Å². The molecule has 0 aromatic heterocycles. The predicted molar refractivity (Wildman–Crippen MR) is 110 cm³/mol. The highest BCUT2D eigenvalue weighted by Gasteiger charge is 2.27. The van der Waals surface area contributed by atoms with E-state index in [-0.39, 0.29) is 0 Å². The van der Waals surface area contributed by atoms with E-state index in [0.29, 0.717) is 5.75 Å². The summed E-state index contributed by atoms with van der Waals surface area (Å²) < 4.78 is 1.22. The Morgan fingerprint density at radius 3 is 2.65 bits per heavy atom. The first kappa shape index (κ1) is 18.7. The first-order valence-corrected chi connectivity index (χ1v) is 9.97. The van der Waals surface area contributed by atoms with E-state index in [4.69, 9.17) is 0 Å². The van der Waals surface area contributed by atoms with E-state index in [1.54, 1.807) is 6.07 Å². The number of phenols is 1. The molecule has 2 aromatic carbocycles. The van der Waals surface area contributed by atoms with Crippen molar-refractivity contribution in [1.29, 1.82) is 0 Å². The molecule has 3 rings (SSSR count). The summed E-state index contributed by atoms with van der Waals surface area (Å²) >= 11 is 0. The fraction of sp³-hybridized carbons (Fsp3) is 0.417. The van der Waals surface area contributed by atoms with Gasteiger partial charge in [-0.15, -0.1) is 0 Å². The summed E-state index contributed by atoms with van der Waals surface area (Å²) in [4.78, 5) is 0. The second-order valence-electron chi connectivity index (χ2n) is 7.87. The van der Waals surface area contributed by atoms with E-state index in [1.807, 2.05) is 6.07 Å². The lowest BCUT2D eigenvalue weighted by atomic mass is 9.98. The normalized spacial score (nSPS) is 16.3. The molecule has 2 heteroatoms. The maximum atomic E-state index is 10.2. The molecule has 0 amide bonds. The molecular formula is C24H32NO+. The molecule has 1 aliphatic rings. The Balaban J connectivity index is 1.67. The quantitative estimate of drug-likeness (QED) is 0.517. The van der Waals surface area contributed by atoms with Crippen molar-refractivity contribution >= 4 is 0 Å². The number of benzene rings is 2. The molecule has 0 aliphatic carbocycles. The average Bonchev–Trinajstić information content (AvgIpc) is 2.65. The molecule has 0 unspecified atom stereocenters. The summed E-state index contributed by atoms with van der Waals surface area (Å²) in [5.41, 5.74) is 4.57. The Hall–Kier alpha value is -2.06. The minimum atomic E-state index is 0.358. The SMILES string of the molecule is C=CC[N+]1(CCCc2cccc(-c3cc(C)ccc3O)c2)CCCCC1. The Kier molecular flexibility index (Phi) is 6.16. The molecule has 1 saturated heterocycles. The number of likely N-dealkylation sites (tertiary alicyclic amines) is 1. The topological polar surface area (TPSA) is 20.2 Å². The Morgan fingerprint density at radius 1 is 1.08 bits per heavy atom. The second kappa shape index (κ2) is 8.55. The average molecular weight is 351 g/mol. The molecule has 2 nitrogen and oxygen atoms in total. The fourth-order valence-electron chi connectivity index (χ4n) is 4.35. The van der Waals surface area contributed by atoms with Crippen LogP contribution in [0.3, 0.4) is 0 Å². The van der Waals surface area contributed by atoms with Gasteiger partial charge < -0.3 is 9.59 Å². The Morgan fingerprint density at radius 2 is 1.88 bits per heavy atom. The standard InChI is InChI=1S/C24H31NO/c1-3-14-25(15-5-4-6-16-25)17-8-10-21-9-7-11-22(19-21)23-18-20(2)12-13-24(23)26/h3,7,9,11-13,18-19H,1,4-6,8,10,14-17H2,2H3/p+1. The van der Waals surface area contributed by atoms with Crippen molar-refractivity contribution < 1.29 is 9.59 Å². The summed E-state index contributed by atoms with van der Waals surface area (Å²) in [5.74, 6) is 0.358. The van der Waals surface area contributed by atoms with Crippen LogP contribution < -0.4 is 0 Å². The number of aromatic hydroxyl groups is 1. The fourth-order valence-corrected chi connectivity index (χ4v) is 4.35. The zero-order valence-electron chi connectivity index (χ0n) is 16.1. The molecular weight excluding hydrogens is 318 g/mol. The third-order valence-corrected chi connectivity index (χ3v) is 5.77. The minimum absolute atomic E-state index is 0.358. The molecule has 0 saturated carbocycles. The van der Waals surface area contributed by atoms with E-state index < -0.39 is 0 Å². The maximum Gasteiger partial charge on any atom is 0.123 e. The van der Waals surface area contributed by atoms with Gasteiger partial charge in [-0.2, -0.15) is 0 Å². The first-order chi connectivity index (χ1) is 12.6. The van der Waals surface area contributed by atoms with Crippen LogP contribution in [0, 0.1) is 6.92 Å². The highest BCUT2D eigenvalue weighted by molar-refractivity contribution is 5.71. The molecule has 0 bridgehead atoms. The highest BCUT2D eigenvalue weighted by Crippen LogP contribution is 2.30. The van der Waals surface area contributed by atoms with Gasteiger partial charge in [-0.1, -0.05) is 42.5 Å². The van der Waals surface area contributed by atoms with Crippen LogP contribution in [0.1, 0.15) is 36.8 Å². The van der Waals surface area contributed by atoms with Gasteiger partial charge >= 0.3 is 0 Å². The van der Waals surface area contributed by atoms with Crippen LogP contribution in [0.15, 0.2) is 55.1 Å². The van der Waals surface area contributed by atoms with Gasteiger partial charge in [-0.3, -0.25) is 0 Å². The summed E-state index contributed by atoms with van der Waals surface area (Å²) in [7, 11) is 0. The largest absolute Gasteiger partial charge is 0.507 e. The monoisotopic (exact) mass is 350 g/mol. The summed E-state index contributed by atoms with van der Waals surface area (Å²) in [6.07, 6.45) is 8.51. The molecule has 138 valence electrons. The van der Waals surface area contributed by atoms with Crippen LogP contribution in [-0.2, 0) is 6.42 Å². The van der Waals surface area contributed by atoms with Gasteiger partial charge in [-0.25, -0.2) is 0 Å². The van der Waals surface area contributed by atoms with Crippen LogP contribution in [-0.4, -0.2) is 35.8 Å². The second-order valence-corrected chi connectivity index (χ2v) is 7.87. The maximum absolute atomic E-state index is 10.2. The van der Waals surface area contributed by atoms with E-state index in [0.717, 1.165) is 24.1 Å². The van der Waals surface area contributed by atoms with Crippen molar-refractivity contribution in [2.24, 2.45) is 0 Å². The van der Waals surface area contributed by atoms with E-state index in [1.165, 1.54) is 60.9 Å². The molecule has 1 N–H and O–H groups in total.